The first-order valence-corrected chi connectivity index (χ1v) is 14.8. The Kier molecular flexibility index (Phi) is 8.38. The van der Waals surface area contributed by atoms with Gasteiger partial charge in [0.2, 0.25) is 0 Å². The van der Waals surface area contributed by atoms with Crippen LogP contribution in [-0.4, -0.2) is 67.4 Å². The first-order valence-electron chi connectivity index (χ1n) is 14.8. The van der Waals surface area contributed by atoms with Gasteiger partial charge in [-0.15, -0.1) is 0 Å². The number of amides is 4. The van der Waals surface area contributed by atoms with Gasteiger partial charge < -0.3 is 25.8 Å². The smallest absolute Gasteiger partial charge is 0.317 e. The Bertz CT molecular complexity index is 2040. The molecule has 0 aliphatic carbocycles. The SMILES string of the molecule is CCc1nc(-c2cccc3cc(-c4ccc(C(=O)NCC#Cc5cccc(C(N)=O)n5)nc4)ncc23)c2n1CCN(C(=O)NC)C2. The number of imidazole rings is 1. The molecule has 46 heavy (non-hydrogen) atoms. The van der Waals surface area contributed by atoms with Crippen molar-refractivity contribution in [2.75, 3.05) is 20.1 Å². The molecular weight excluding hydrogens is 582 g/mol. The number of hydrogen-bond donors (Lipinski definition) is 3. The van der Waals surface area contributed by atoms with E-state index in [0.29, 0.717) is 31.0 Å². The van der Waals surface area contributed by atoms with Crippen LogP contribution in [0.25, 0.3) is 33.3 Å². The number of hydrogen-bond acceptors (Lipinski definition) is 7. The van der Waals surface area contributed by atoms with Gasteiger partial charge in [-0.05, 0) is 41.6 Å². The highest BCUT2D eigenvalue weighted by Crippen LogP contribution is 2.34. The minimum atomic E-state index is -0.634. The lowest BCUT2D eigenvalue weighted by Gasteiger charge is -2.29. The molecule has 5 aromatic rings. The summed E-state index contributed by atoms with van der Waals surface area (Å²) in [5, 5.41) is 7.37. The van der Waals surface area contributed by atoms with E-state index in [0.717, 1.165) is 45.5 Å². The van der Waals surface area contributed by atoms with E-state index in [2.05, 4.69) is 43.9 Å². The summed E-state index contributed by atoms with van der Waals surface area (Å²) < 4.78 is 2.23. The third kappa shape index (κ3) is 5.98. The van der Waals surface area contributed by atoms with E-state index in [1.165, 1.54) is 6.07 Å². The quantitative estimate of drug-likeness (QED) is 0.248. The van der Waals surface area contributed by atoms with Crippen molar-refractivity contribution in [1.29, 1.82) is 0 Å². The molecule has 4 N–H and O–H groups in total. The normalized spacial score (nSPS) is 12.2. The summed E-state index contributed by atoms with van der Waals surface area (Å²) in [7, 11) is 1.64. The van der Waals surface area contributed by atoms with Gasteiger partial charge in [0.1, 0.15) is 22.9 Å². The topological polar surface area (TPSA) is 161 Å². The molecule has 0 bridgehead atoms. The maximum Gasteiger partial charge on any atom is 0.317 e. The first-order chi connectivity index (χ1) is 22.4. The highest BCUT2D eigenvalue weighted by atomic mass is 16.2. The highest BCUT2D eigenvalue weighted by Gasteiger charge is 2.27. The molecular formula is C34H31N9O3. The predicted molar refractivity (Wildman–Crippen MR) is 172 cm³/mol. The minimum absolute atomic E-state index is 0.0723. The molecule has 0 atom stereocenters. The van der Waals surface area contributed by atoms with Crippen molar-refractivity contribution in [3.63, 3.8) is 0 Å². The number of nitrogens with two attached hydrogens (primary N) is 1. The molecule has 230 valence electrons. The van der Waals surface area contributed by atoms with Crippen LogP contribution in [0.1, 0.15) is 45.1 Å². The zero-order valence-electron chi connectivity index (χ0n) is 25.4. The van der Waals surface area contributed by atoms with Gasteiger partial charge in [-0.25, -0.2) is 14.8 Å². The summed E-state index contributed by atoms with van der Waals surface area (Å²) in [5.41, 5.74) is 10.3. The molecule has 0 unspecified atom stereocenters. The number of benzene rings is 1. The fraction of sp³-hybridized carbons (Fsp3) is 0.206. The maximum atomic E-state index is 12.6. The molecule has 0 saturated heterocycles. The maximum absolute atomic E-state index is 12.6. The Hall–Kier alpha value is -6.09. The number of aryl methyl sites for hydroxylation is 1. The molecule has 1 aromatic carbocycles. The number of pyridine rings is 3. The lowest BCUT2D eigenvalue weighted by Crippen LogP contribution is -2.43. The van der Waals surface area contributed by atoms with Crippen LogP contribution in [0.2, 0.25) is 0 Å². The van der Waals surface area contributed by atoms with Crippen LogP contribution in [0.3, 0.4) is 0 Å². The van der Waals surface area contributed by atoms with Crippen molar-refractivity contribution in [3.05, 3.63) is 95.6 Å². The number of carbonyl (C=O) groups is 3. The van der Waals surface area contributed by atoms with E-state index in [-0.39, 0.29) is 29.9 Å². The van der Waals surface area contributed by atoms with Crippen LogP contribution >= 0.6 is 0 Å². The second kappa shape index (κ2) is 12.9. The van der Waals surface area contributed by atoms with Gasteiger partial charge in [-0.3, -0.25) is 19.6 Å². The van der Waals surface area contributed by atoms with Gasteiger partial charge in [0, 0.05) is 55.5 Å². The highest BCUT2D eigenvalue weighted by molar-refractivity contribution is 5.97. The largest absolute Gasteiger partial charge is 0.364 e. The second-order valence-electron chi connectivity index (χ2n) is 10.6. The zero-order valence-corrected chi connectivity index (χ0v) is 25.4. The van der Waals surface area contributed by atoms with Crippen molar-refractivity contribution in [3.8, 4) is 34.4 Å². The third-order valence-electron chi connectivity index (χ3n) is 7.77. The summed E-state index contributed by atoms with van der Waals surface area (Å²) in [6.07, 6.45) is 4.24. The minimum Gasteiger partial charge on any atom is -0.364 e. The number of primary amides is 1. The van der Waals surface area contributed by atoms with E-state index in [1.807, 2.05) is 30.5 Å². The van der Waals surface area contributed by atoms with Crippen molar-refractivity contribution in [2.45, 2.75) is 26.4 Å². The Balaban J connectivity index is 1.19. The van der Waals surface area contributed by atoms with Crippen LogP contribution in [-0.2, 0) is 19.5 Å². The van der Waals surface area contributed by atoms with E-state index in [1.54, 1.807) is 42.4 Å². The Labute approximate surface area is 265 Å². The van der Waals surface area contributed by atoms with E-state index >= 15 is 0 Å². The van der Waals surface area contributed by atoms with Gasteiger partial charge >= 0.3 is 6.03 Å². The number of urea groups is 1. The number of rotatable bonds is 6. The van der Waals surface area contributed by atoms with Crippen molar-refractivity contribution in [2.24, 2.45) is 5.73 Å². The van der Waals surface area contributed by atoms with Crippen molar-refractivity contribution < 1.29 is 14.4 Å². The van der Waals surface area contributed by atoms with Crippen LogP contribution in [0.5, 0.6) is 0 Å². The molecule has 6 rings (SSSR count). The van der Waals surface area contributed by atoms with E-state index in [4.69, 9.17) is 15.7 Å². The summed E-state index contributed by atoms with van der Waals surface area (Å²) >= 11 is 0. The molecule has 4 aromatic heterocycles. The Morgan fingerprint density at radius 3 is 2.59 bits per heavy atom. The molecule has 0 fully saturated rings. The third-order valence-corrected chi connectivity index (χ3v) is 7.77. The summed E-state index contributed by atoms with van der Waals surface area (Å²) in [5.74, 6) is 5.60. The summed E-state index contributed by atoms with van der Waals surface area (Å²) in [6.45, 7) is 3.97. The van der Waals surface area contributed by atoms with Gasteiger partial charge in [0.25, 0.3) is 11.8 Å². The molecule has 0 saturated carbocycles. The van der Waals surface area contributed by atoms with Crippen LogP contribution in [0.4, 0.5) is 4.79 Å². The summed E-state index contributed by atoms with van der Waals surface area (Å²) in [4.78, 5) is 56.3. The standard InChI is InChI=1S/C34H31N9O3/c1-3-30-41-31(29-20-42(34(46)36-2)15-16-43(29)30)24-10-4-7-21-17-28(39-19-25(21)24)22-12-13-27(38-18-22)33(45)37-14-6-9-23-8-5-11-26(40-23)32(35)44/h4-5,7-8,10-13,17-19H,3,14-16,20H2,1-2H3,(H2,35,44)(H,36,46)(H,37,45). The average Bonchev–Trinajstić information content (AvgIpc) is 3.47. The second-order valence-corrected chi connectivity index (χ2v) is 10.6. The zero-order chi connectivity index (χ0) is 32.2. The fourth-order valence-electron chi connectivity index (χ4n) is 5.47. The number of nitrogens with one attached hydrogen (secondary N) is 2. The Morgan fingerprint density at radius 2 is 1.83 bits per heavy atom. The Morgan fingerprint density at radius 1 is 0.978 bits per heavy atom. The number of fused-ring (bicyclic) bond motifs is 2. The lowest BCUT2D eigenvalue weighted by molar-refractivity contribution is 0.0952. The van der Waals surface area contributed by atoms with Crippen LogP contribution in [0, 0.1) is 11.8 Å². The predicted octanol–water partition coefficient (Wildman–Crippen LogP) is 3.15. The molecule has 1 aliphatic heterocycles. The van der Waals surface area contributed by atoms with E-state index < -0.39 is 5.91 Å². The van der Waals surface area contributed by atoms with Crippen LogP contribution < -0.4 is 16.4 Å². The molecule has 4 amide bonds. The van der Waals surface area contributed by atoms with Gasteiger partial charge in [-0.1, -0.05) is 37.1 Å². The van der Waals surface area contributed by atoms with Crippen molar-refractivity contribution in [1.82, 2.24) is 40.0 Å². The average molecular weight is 614 g/mol. The molecule has 0 radical (unpaired) electrons. The molecule has 12 nitrogen and oxygen atoms in total. The number of aromatic nitrogens is 5. The monoisotopic (exact) mass is 613 g/mol. The van der Waals surface area contributed by atoms with Gasteiger partial charge in [-0.2, -0.15) is 0 Å². The van der Waals surface area contributed by atoms with Crippen molar-refractivity contribution >= 4 is 28.6 Å². The van der Waals surface area contributed by atoms with Gasteiger partial charge in [0.05, 0.1) is 30.2 Å². The molecule has 1 aliphatic rings. The first kappa shape index (κ1) is 30.0. The fourth-order valence-corrected chi connectivity index (χ4v) is 5.47. The van der Waals surface area contributed by atoms with Crippen LogP contribution in [0.15, 0.2) is 67.0 Å². The number of carbonyl (C=O) groups excluding carboxylic acids is 3. The molecule has 12 heteroatoms. The van der Waals surface area contributed by atoms with E-state index in [9.17, 15) is 14.4 Å². The molecule has 5 heterocycles. The summed E-state index contributed by atoms with van der Waals surface area (Å²) in [6, 6.07) is 16.2. The number of nitrogens with zero attached hydrogens (tertiary/aromatic N) is 6. The van der Waals surface area contributed by atoms with Gasteiger partial charge in [0.15, 0.2) is 0 Å². The lowest BCUT2D eigenvalue weighted by atomic mass is 10.0. The molecule has 0 spiro atoms.